The minimum Gasteiger partial charge on any atom is -0.507 e. The van der Waals surface area contributed by atoms with E-state index in [0.29, 0.717) is 36.5 Å². The molecule has 8 heteroatoms. The van der Waals surface area contributed by atoms with Crippen LogP contribution < -0.4 is 9.47 Å². The van der Waals surface area contributed by atoms with E-state index in [-0.39, 0.29) is 17.9 Å². The number of carbonyl (C=O) groups excluding carboxylic acids is 3. The lowest BCUT2D eigenvalue weighted by Gasteiger charge is -2.25. The van der Waals surface area contributed by atoms with E-state index in [4.69, 9.17) is 14.2 Å². The largest absolute Gasteiger partial charge is 0.507 e. The Balaban J connectivity index is 1.81. The quantitative estimate of drug-likeness (QED) is 0.167. The first-order valence-corrected chi connectivity index (χ1v) is 11.2. The second-order valence-electron chi connectivity index (χ2n) is 8.28. The van der Waals surface area contributed by atoms with Crippen molar-refractivity contribution < 1.29 is 33.7 Å². The van der Waals surface area contributed by atoms with Gasteiger partial charge < -0.3 is 24.2 Å². The molecule has 4 rings (SSSR count). The van der Waals surface area contributed by atoms with Crippen molar-refractivity contribution in [2.45, 2.75) is 32.2 Å². The van der Waals surface area contributed by atoms with Gasteiger partial charge in [0.25, 0.3) is 11.7 Å². The van der Waals surface area contributed by atoms with Crippen LogP contribution in [0, 0.1) is 0 Å². The number of ketones is 1. The summed E-state index contributed by atoms with van der Waals surface area (Å²) in [7, 11) is 1.56. The molecule has 1 fully saturated rings. The lowest BCUT2D eigenvalue weighted by atomic mass is 9.94. The van der Waals surface area contributed by atoms with Crippen LogP contribution in [0.15, 0.2) is 48.0 Å². The van der Waals surface area contributed by atoms with E-state index in [9.17, 15) is 19.5 Å². The SMILES string of the molecule is COCCCN1C(=O)C(=O)/C(=C(\O)c2ccc3c(c2)CCCO3)C1c1cccc(OC(C)=O)c1. The molecule has 1 amide bonds. The fourth-order valence-electron chi connectivity index (χ4n) is 4.41. The minimum absolute atomic E-state index is 0.000861. The molecule has 0 radical (unpaired) electrons. The van der Waals surface area contributed by atoms with Gasteiger partial charge in [0.1, 0.15) is 17.3 Å². The molecule has 2 aromatic rings. The van der Waals surface area contributed by atoms with Gasteiger partial charge in [0.05, 0.1) is 18.2 Å². The van der Waals surface area contributed by atoms with Crippen molar-refractivity contribution in [2.75, 3.05) is 26.9 Å². The van der Waals surface area contributed by atoms with Crippen molar-refractivity contribution in [1.29, 1.82) is 0 Å². The first-order chi connectivity index (χ1) is 16.4. The fraction of sp³-hybridized carbons (Fsp3) is 0.346. The molecule has 0 saturated carbocycles. The Kier molecular flexibility index (Phi) is 6.98. The number of nitrogens with zero attached hydrogens (tertiary/aromatic N) is 1. The van der Waals surface area contributed by atoms with Gasteiger partial charge in [-0.1, -0.05) is 12.1 Å². The molecule has 34 heavy (non-hydrogen) atoms. The van der Waals surface area contributed by atoms with E-state index < -0.39 is 23.7 Å². The summed E-state index contributed by atoms with van der Waals surface area (Å²) in [5, 5.41) is 11.3. The van der Waals surface area contributed by atoms with Crippen LogP contribution in [0.3, 0.4) is 0 Å². The van der Waals surface area contributed by atoms with Gasteiger partial charge >= 0.3 is 5.97 Å². The molecule has 1 saturated heterocycles. The predicted octanol–water partition coefficient (Wildman–Crippen LogP) is 3.40. The summed E-state index contributed by atoms with van der Waals surface area (Å²) in [5.41, 5.74) is 1.94. The molecular weight excluding hydrogens is 438 g/mol. The van der Waals surface area contributed by atoms with Crippen LogP contribution in [0.2, 0.25) is 0 Å². The van der Waals surface area contributed by atoms with Gasteiger partial charge in [-0.2, -0.15) is 0 Å². The molecule has 1 unspecified atom stereocenters. The monoisotopic (exact) mass is 465 g/mol. The van der Waals surface area contributed by atoms with E-state index in [1.807, 2.05) is 0 Å². The van der Waals surface area contributed by atoms with E-state index in [1.165, 1.54) is 11.8 Å². The molecule has 178 valence electrons. The number of amides is 1. The number of carbonyl (C=O) groups is 3. The molecule has 0 aliphatic carbocycles. The van der Waals surface area contributed by atoms with Crippen molar-refractivity contribution in [3.05, 3.63) is 64.7 Å². The van der Waals surface area contributed by atoms with Gasteiger partial charge in [-0.3, -0.25) is 14.4 Å². The maximum atomic E-state index is 13.1. The van der Waals surface area contributed by atoms with Crippen molar-refractivity contribution in [3.63, 3.8) is 0 Å². The maximum Gasteiger partial charge on any atom is 0.308 e. The third-order valence-electron chi connectivity index (χ3n) is 5.90. The number of hydrogen-bond acceptors (Lipinski definition) is 7. The van der Waals surface area contributed by atoms with Gasteiger partial charge in [0, 0.05) is 32.7 Å². The number of likely N-dealkylation sites (tertiary alicyclic amines) is 1. The summed E-state index contributed by atoms with van der Waals surface area (Å²) in [6, 6.07) is 11.1. The maximum absolute atomic E-state index is 13.1. The van der Waals surface area contributed by atoms with Crippen LogP contribution in [-0.4, -0.2) is 54.5 Å². The standard InChI is InChI=1S/C26H27NO7/c1-16(28)34-20-8-3-6-18(15-20)23-22(25(30)26(31)27(23)11-5-12-32-2)24(29)19-9-10-21-17(14-19)7-4-13-33-21/h3,6,8-10,14-15,23,29H,4-5,7,11-13H2,1-2H3/b24-22-. The first kappa shape index (κ1) is 23.5. The van der Waals surface area contributed by atoms with Crippen LogP contribution in [0.1, 0.15) is 42.5 Å². The average Bonchev–Trinajstić information content (AvgIpc) is 3.08. The summed E-state index contributed by atoms with van der Waals surface area (Å²) < 4.78 is 16.0. The van der Waals surface area contributed by atoms with Crippen molar-refractivity contribution in [3.8, 4) is 11.5 Å². The molecule has 0 spiro atoms. The molecule has 2 aliphatic heterocycles. The van der Waals surface area contributed by atoms with E-state index >= 15 is 0 Å². The van der Waals surface area contributed by atoms with Gasteiger partial charge in [-0.05, 0) is 60.7 Å². The zero-order valence-electron chi connectivity index (χ0n) is 19.2. The molecule has 2 aromatic carbocycles. The Hall–Kier alpha value is -3.65. The molecule has 2 aliphatic rings. The number of hydrogen-bond donors (Lipinski definition) is 1. The van der Waals surface area contributed by atoms with Crippen LogP contribution in [0.4, 0.5) is 0 Å². The van der Waals surface area contributed by atoms with Crippen molar-refractivity contribution in [2.24, 2.45) is 0 Å². The summed E-state index contributed by atoms with van der Waals surface area (Å²) in [5.74, 6) is -1.13. The van der Waals surface area contributed by atoms with E-state index in [2.05, 4.69) is 0 Å². The molecule has 0 aromatic heterocycles. The van der Waals surface area contributed by atoms with E-state index in [0.717, 1.165) is 24.2 Å². The smallest absolute Gasteiger partial charge is 0.308 e. The first-order valence-electron chi connectivity index (χ1n) is 11.2. The second-order valence-corrected chi connectivity index (χ2v) is 8.28. The lowest BCUT2D eigenvalue weighted by molar-refractivity contribution is -0.140. The zero-order valence-corrected chi connectivity index (χ0v) is 19.2. The van der Waals surface area contributed by atoms with E-state index in [1.54, 1.807) is 49.6 Å². The number of rotatable bonds is 7. The van der Waals surface area contributed by atoms with Gasteiger partial charge in [-0.25, -0.2) is 0 Å². The topological polar surface area (TPSA) is 102 Å². The lowest BCUT2D eigenvalue weighted by Crippen LogP contribution is -2.31. The number of aryl methyl sites for hydroxylation is 1. The number of esters is 1. The van der Waals surface area contributed by atoms with Crippen LogP contribution in [0.5, 0.6) is 11.5 Å². The number of Topliss-reactive ketones (excluding diaryl/α,β-unsaturated/α-hetero) is 1. The van der Waals surface area contributed by atoms with Crippen LogP contribution >= 0.6 is 0 Å². The average molecular weight is 466 g/mol. The Morgan fingerprint density at radius 2 is 2.03 bits per heavy atom. The summed E-state index contributed by atoms with van der Waals surface area (Å²) in [4.78, 5) is 39.0. The van der Waals surface area contributed by atoms with Crippen LogP contribution in [0.25, 0.3) is 5.76 Å². The highest BCUT2D eigenvalue weighted by atomic mass is 16.5. The highest BCUT2D eigenvalue weighted by Gasteiger charge is 2.46. The van der Waals surface area contributed by atoms with Crippen molar-refractivity contribution in [1.82, 2.24) is 4.90 Å². The Morgan fingerprint density at radius 1 is 1.21 bits per heavy atom. The summed E-state index contributed by atoms with van der Waals surface area (Å²) >= 11 is 0. The molecule has 0 bridgehead atoms. The van der Waals surface area contributed by atoms with Crippen molar-refractivity contribution >= 4 is 23.4 Å². The van der Waals surface area contributed by atoms with Crippen LogP contribution in [-0.2, 0) is 25.5 Å². The minimum atomic E-state index is -0.834. The number of fused-ring (bicyclic) bond motifs is 1. The van der Waals surface area contributed by atoms with Gasteiger partial charge in [-0.15, -0.1) is 0 Å². The second kappa shape index (κ2) is 10.1. The molecule has 1 atom stereocenters. The molecule has 1 N–H and O–H groups in total. The Bertz CT molecular complexity index is 1150. The Morgan fingerprint density at radius 3 is 2.79 bits per heavy atom. The fourth-order valence-corrected chi connectivity index (χ4v) is 4.41. The van der Waals surface area contributed by atoms with Gasteiger partial charge in [0.15, 0.2) is 0 Å². The number of aliphatic hydroxyl groups excluding tert-OH is 1. The number of aliphatic hydroxyl groups is 1. The zero-order chi connectivity index (χ0) is 24.2. The third kappa shape index (κ3) is 4.68. The highest BCUT2D eigenvalue weighted by Crippen LogP contribution is 2.41. The summed E-state index contributed by atoms with van der Waals surface area (Å²) in [6.45, 7) is 2.61. The molecular formula is C26H27NO7. The number of benzene rings is 2. The predicted molar refractivity (Wildman–Crippen MR) is 124 cm³/mol. The number of ether oxygens (including phenoxy) is 3. The normalized spacial score (nSPS) is 19.0. The molecule has 2 heterocycles. The highest BCUT2D eigenvalue weighted by molar-refractivity contribution is 6.46. The molecule has 8 nitrogen and oxygen atoms in total. The number of methoxy groups -OCH3 is 1. The van der Waals surface area contributed by atoms with Gasteiger partial charge in [0.2, 0.25) is 0 Å². The summed E-state index contributed by atoms with van der Waals surface area (Å²) in [6.07, 6.45) is 2.18. The third-order valence-corrected chi connectivity index (χ3v) is 5.90. The Labute approximate surface area is 197 Å².